The number of alkyl halides is 3. The molecule has 0 fully saturated rings. The Hall–Kier alpha value is -0.190. The van der Waals surface area contributed by atoms with Crippen LogP contribution in [0.15, 0.2) is 0 Å². The predicted molar refractivity (Wildman–Crippen MR) is 27.2 cm³/mol. The molecule has 0 radical (unpaired) electrons. The highest BCUT2D eigenvalue weighted by Gasteiger charge is 2.35. The average Bonchev–Trinajstić information content (AvgIpc) is 1.25. The Morgan fingerprint density at radius 3 is 1.62 bits per heavy atom. The van der Waals surface area contributed by atoms with Crippen LogP contribution in [0.2, 0.25) is 0 Å². The fraction of sp³-hybridized carbons (Fsp3) is 0.667. The largest absolute Gasteiger partial charge is 0.463 e. The Kier molecular flexibility index (Phi) is 1.61. The topological polar surface area (TPSA) is 17.1 Å². The van der Waals surface area contributed by atoms with Crippen molar-refractivity contribution < 1.29 is 17.4 Å². The summed E-state index contributed by atoms with van der Waals surface area (Å²) in [6.45, 7) is 0. The van der Waals surface area contributed by atoms with Crippen molar-refractivity contribution in [3.05, 3.63) is 0 Å². The van der Waals surface area contributed by atoms with E-state index < -0.39 is 15.0 Å². The molecular weight excluding hydrogens is 141 g/mol. The van der Waals surface area contributed by atoms with Crippen LogP contribution in [0.1, 0.15) is 0 Å². The smallest absolute Gasteiger partial charge is 0.260 e. The monoisotopic (exact) mass is 146 g/mol. The van der Waals surface area contributed by atoms with Crippen LogP contribution >= 0.6 is 0 Å². The van der Waals surface area contributed by atoms with E-state index in [1.54, 1.807) is 0 Å². The summed E-state index contributed by atoms with van der Waals surface area (Å²) in [5, 5.41) is 0. The van der Waals surface area contributed by atoms with Crippen molar-refractivity contribution in [2.45, 2.75) is 5.51 Å². The van der Waals surface area contributed by atoms with E-state index in [0.29, 0.717) is 6.26 Å². The quantitative estimate of drug-likeness (QED) is 0.463. The van der Waals surface area contributed by atoms with E-state index >= 15 is 0 Å². The minimum absolute atomic E-state index is 0.562. The van der Waals surface area contributed by atoms with E-state index in [1.807, 2.05) is 0 Å². The third kappa shape index (κ3) is 1.73. The van der Waals surface area contributed by atoms with Gasteiger partial charge in [0.15, 0.2) is 0 Å². The highest BCUT2D eigenvalue weighted by Crippen LogP contribution is 2.20. The summed E-state index contributed by atoms with van der Waals surface area (Å²) in [6.07, 6.45) is 0.562. The zero-order valence-electron chi connectivity index (χ0n) is 4.16. The third-order valence-corrected chi connectivity index (χ3v) is 1.47. The Morgan fingerprint density at radius 1 is 1.50 bits per heavy atom. The Balaban J connectivity index is 4.53. The van der Waals surface area contributed by atoms with Crippen molar-refractivity contribution in [2.75, 3.05) is 6.26 Å². The van der Waals surface area contributed by atoms with Gasteiger partial charge in [-0.3, -0.25) is 4.21 Å². The molecule has 50 valence electrons. The zero-order chi connectivity index (χ0) is 7.00. The molecule has 0 aromatic heterocycles. The first kappa shape index (κ1) is 7.81. The second kappa shape index (κ2) is 1.65. The van der Waals surface area contributed by atoms with E-state index in [9.17, 15) is 17.4 Å². The van der Waals surface area contributed by atoms with Crippen molar-refractivity contribution >= 4 is 15.4 Å². The lowest BCUT2D eigenvalue weighted by atomic mass is 11.6. The molecule has 0 heterocycles. The molecule has 1 atom stereocenters. The van der Waals surface area contributed by atoms with Gasteiger partial charge in [0.25, 0.3) is 0 Å². The van der Waals surface area contributed by atoms with Crippen molar-refractivity contribution in [1.82, 2.24) is 0 Å². The molecule has 1 unspecified atom stereocenters. The molecule has 0 aliphatic rings. The van der Waals surface area contributed by atoms with Gasteiger partial charge in [-0.15, -0.1) is 0 Å². The summed E-state index contributed by atoms with van der Waals surface area (Å²) in [5.74, 6) is 2.44. The van der Waals surface area contributed by atoms with E-state index in [2.05, 4.69) is 5.87 Å². The number of halogens is 3. The van der Waals surface area contributed by atoms with Gasteiger partial charge in [0.05, 0.1) is 9.52 Å². The molecule has 0 saturated carbocycles. The second-order valence-electron chi connectivity index (χ2n) is 1.45. The van der Waals surface area contributed by atoms with Crippen LogP contribution in [-0.4, -0.2) is 21.8 Å². The van der Waals surface area contributed by atoms with Crippen molar-refractivity contribution in [2.24, 2.45) is 0 Å². The van der Waals surface area contributed by atoms with Gasteiger partial charge in [-0.1, -0.05) is 0 Å². The van der Waals surface area contributed by atoms with Gasteiger partial charge in [-0.2, -0.15) is 13.2 Å². The normalized spacial score (nSPS) is 20.0. The van der Waals surface area contributed by atoms with E-state index in [0.717, 1.165) is 0 Å². The van der Waals surface area contributed by atoms with Gasteiger partial charge < -0.3 is 0 Å². The van der Waals surface area contributed by atoms with E-state index in [4.69, 9.17) is 0 Å². The van der Waals surface area contributed by atoms with Crippen LogP contribution < -0.4 is 0 Å². The van der Waals surface area contributed by atoms with E-state index in [1.165, 1.54) is 0 Å². The molecule has 1 nitrogen and oxygen atoms in total. The molecule has 0 aliphatic carbocycles. The predicted octanol–water partition coefficient (Wildman–Crippen LogP) is 0.852. The average molecular weight is 146 g/mol. The molecule has 0 N–H and O–H groups in total. The lowest BCUT2D eigenvalue weighted by Gasteiger charge is -2.04. The van der Waals surface area contributed by atoms with Gasteiger partial charge in [0.1, 0.15) is 0 Å². The summed E-state index contributed by atoms with van der Waals surface area (Å²) in [4.78, 5) is 0. The highest BCUT2D eigenvalue weighted by molar-refractivity contribution is 8.00. The van der Waals surface area contributed by atoms with E-state index in [-0.39, 0.29) is 0 Å². The Bertz CT molecular complexity index is 163. The molecule has 8 heavy (non-hydrogen) atoms. The van der Waals surface area contributed by atoms with Gasteiger partial charge in [-0.25, -0.2) is 0 Å². The van der Waals surface area contributed by atoms with Crippen LogP contribution in [0.25, 0.3) is 0 Å². The molecule has 0 aliphatic heterocycles. The molecule has 0 amide bonds. The molecule has 0 saturated heterocycles. The maximum atomic E-state index is 11.2. The lowest BCUT2D eigenvalue weighted by molar-refractivity contribution is -0.0386. The SMILES string of the molecule is C=S(C)(=O)C(F)(F)F. The molecule has 0 aromatic rings. The number of rotatable bonds is 0. The fourth-order valence-electron chi connectivity index (χ4n) is 0. The standard InChI is InChI=1S/C3H5F3OS/c1-8(2,7)3(4,5)6/h1H2,2H3. The molecule has 0 spiro atoms. The molecule has 0 bridgehead atoms. The Labute approximate surface area is 45.5 Å². The summed E-state index contributed by atoms with van der Waals surface area (Å²) in [5.41, 5.74) is -4.65. The first-order valence-corrected chi connectivity index (χ1v) is 3.77. The number of hydrogen-bond acceptors (Lipinski definition) is 1. The van der Waals surface area contributed by atoms with Gasteiger partial charge in [0, 0.05) is 6.26 Å². The van der Waals surface area contributed by atoms with Crippen LogP contribution in [0.5, 0.6) is 0 Å². The summed E-state index contributed by atoms with van der Waals surface area (Å²) < 4.78 is 43.6. The molecular formula is C3H5F3OS. The summed E-state index contributed by atoms with van der Waals surface area (Å²) in [7, 11) is -3.84. The molecule has 0 aromatic carbocycles. The minimum atomic E-state index is -4.65. The van der Waals surface area contributed by atoms with Crippen LogP contribution in [0.3, 0.4) is 0 Å². The summed E-state index contributed by atoms with van der Waals surface area (Å²) in [6, 6.07) is 0. The molecule has 0 rings (SSSR count). The van der Waals surface area contributed by atoms with Gasteiger partial charge in [-0.05, 0) is 5.87 Å². The van der Waals surface area contributed by atoms with Crippen LogP contribution in [0.4, 0.5) is 13.2 Å². The summed E-state index contributed by atoms with van der Waals surface area (Å²) >= 11 is 0. The minimum Gasteiger partial charge on any atom is -0.260 e. The first-order valence-electron chi connectivity index (χ1n) is 1.63. The Morgan fingerprint density at radius 2 is 1.62 bits per heavy atom. The van der Waals surface area contributed by atoms with Crippen molar-refractivity contribution in [3.63, 3.8) is 0 Å². The van der Waals surface area contributed by atoms with Gasteiger partial charge in [0.2, 0.25) is 0 Å². The first-order chi connectivity index (χ1) is 3.25. The van der Waals surface area contributed by atoms with Crippen molar-refractivity contribution in [1.29, 1.82) is 0 Å². The van der Waals surface area contributed by atoms with Gasteiger partial charge >= 0.3 is 5.51 Å². The maximum Gasteiger partial charge on any atom is 0.463 e. The zero-order valence-corrected chi connectivity index (χ0v) is 4.97. The van der Waals surface area contributed by atoms with Crippen molar-refractivity contribution in [3.8, 4) is 0 Å². The van der Waals surface area contributed by atoms with Crippen LogP contribution in [-0.2, 0) is 9.52 Å². The number of hydrogen-bond donors (Lipinski definition) is 0. The third-order valence-electron chi connectivity index (χ3n) is 0.490. The second-order valence-corrected chi connectivity index (χ2v) is 3.92. The molecule has 5 heteroatoms. The lowest BCUT2D eigenvalue weighted by Crippen LogP contribution is -2.20. The highest BCUT2D eigenvalue weighted by atomic mass is 32.2. The maximum absolute atomic E-state index is 11.2. The van der Waals surface area contributed by atoms with Crippen LogP contribution in [0, 0.1) is 0 Å². The fourth-order valence-corrected chi connectivity index (χ4v) is 0.